The minimum atomic E-state index is -3.56. The zero-order valence-electron chi connectivity index (χ0n) is 14.3. The van der Waals surface area contributed by atoms with Crippen molar-refractivity contribution in [1.29, 1.82) is 0 Å². The summed E-state index contributed by atoms with van der Waals surface area (Å²) in [7, 11) is -1.74. The number of rotatable bonds is 3. The molecule has 3 heterocycles. The Morgan fingerprint density at radius 1 is 1.32 bits per heavy atom. The molecule has 0 amide bonds. The number of aromatic nitrogens is 2. The Labute approximate surface area is 147 Å². The SMILES string of the molecule is C[C@H]1Cc2cc(S(=O)(=O)N3CCO[C@@H](c4cnn(C)c4)C3)ccc2O1. The van der Waals surface area contributed by atoms with Gasteiger partial charge in [-0.25, -0.2) is 8.42 Å². The predicted molar refractivity (Wildman–Crippen MR) is 90.9 cm³/mol. The van der Waals surface area contributed by atoms with Gasteiger partial charge < -0.3 is 9.47 Å². The zero-order chi connectivity index (χ0) is 17.6. The van der Waals surface area contributed by atoms with Crippen LogP contribution < -0.4 is 4.74 Å². The first-order chi connectivity index (χ1) is 11.9. The maximum absolute atomic E-state index is 13.1. The van der Waals surface area contributed by atoms with Crippen molar-refractivity contribution in [2.24, 2.45) is 7.05 Å². The molecule has 0 unspecified atom stereocenters. The minimum absolute atomic E-state index is 0.0892. The van der Waals surface area contributed by atoms with Crippen LogP contribution in [0.3, 0.4) is 0 Å². The summed E-state index contributed by atoms with van der Waals surface area (Å²) in [6.07, 6.45) is 4.10. The van der Waals surface area contributed by atoms with Gasteiger partial charge in [-0.1, -0.05) is 0 Å². The number of sulfonamides is 1. The van der Waals surface area contributed by atoms with Crippen LogP contribution in [-0.2, 0) is 28.2 Å². The fourth-order valence-electron chi connectivity index (χ4n) is 3.36. The van der Waals surface area contributed by atoms with E-state index in [9.17, 15) is 8.42 Å². The van der Waals surface area contributed by atoms with Crippen LogP contribution in [0.25, 0.3) is 0 Å². The van der Waals surface area contributed by atoms with Gasteiger partial charge >= 0.3 is 0 Å². The third kappa shape index (κ3) is 3.05. The molecule has 0 bridgehead atoms. The van der Waals surface area contributed by atoms with Crippen molar-refractivity contribution < 1.29 is 17.9 Å². The highest BCUT2D eigenvalue weighted by atomic mass is 32.2. The van der Waals surface area contributed by atoms with E-state index in [-0.39, 0.29) is 18.8 Å². The molecular formula is C17H21N3O4S. The molecule has 0 spiro atoms. The smallest absolute Gasteiger partial charge is 0.243 e. The van der Waals surface area contributed by atoms with Gasteiger partial charge in [0.15, 0.2) is 0 Å². The van der Waals surface area contributed by atoms with E-state index in [1.54, 1.807) is 29.1 Å². The van der Waals surface area contributed by atoms with Crippen LogP contribution in [0.1, 0.15) is 24.2 Å². The average Bonchev–Trinajstić information content (AvgIpc) is 3.18. The summed E-state index contributed by atoms with van der Waals surface area (Å²) in [6.45, 7) is 2.99. The number of hydrogen-bond acceptors (Lipinski definition) is 5. The summed E-state index contributed by atoms with van der Waals surface area (Å²) < 4.78 is 40.7. The lowest BCUT2D eigenvalue weighted by atomic mass is 10.1. The number of hydrogen-bond donors (Lipinski definition) is 0. The molecule has 0 N–H and O–H groups in total. The van der Waals surface area contributed by atoms with E-state index in [0.29, 0.717) is 18.0 Å². The van der Waals surface area contributed by atoms with Crippen molar-refractivity contribution in [3.05, 3.63) is 41.7 Å². The molecule has 25 heavy (non-hydrogen) atoms. The van der Waals surface area contributed by atoms with Gasteiger partial charge in [-0.3, -0.25) is 4.68 Å². The van der Waals surface area contributed by atoms with Crippen LogP contribution in [0, 0.1) is 0 Å². The fourth-order valence-corrected chi connectivity index (χ4v) is 4.84. The molecule has 1 aromatic carbocycles. The number of ether oxygens (including phenoxy) is 2. The van der Waals surface area contributed by atoms with E-state index in [0.717, 1.165) is 23.3 Å². The fraction of sp³-hybridized carbons (Fsp3) is 0.471. The molecule has 8 heteroatoms. The van der Waals surface area contributed by atoms with Gasteiger partial charge in [0, 0.05) is 38.3 Å². The van der Waals surface area contributed by atoms with Gasteiger partial charge in [0.1, 0.15) is 11.9 Å². The molecule has 1 fully saturated rings. The van der Waals surface area contributed by atoms with E-state index < -0.39 is 10.0 Å². The molecule has 2 aliphatic heterocycles. The highest BCUT2D eigenvalue weighted by Gasteiger charge is 2.33. The Balaban J connectivity index is 1.59. The molecular weight excluding hydrogens is 342 g/mol. The second kappa shape index (κ2) is 6.12. The highest BCUT2D eigenvalue weighted by Crippen LogP contribution is 2.32. The van der Waals surface area contributed by atoms with Crippen molar-refractivity contribution in [2.45, 2.75) is 30.4 Å². The third-order valence-corrected chi connectivity index (χ3v) is 6.49. The van der Waals surface area contributed by atoms with Gasteiger partial charge in [0.05, 0.1) is 23.8 Å². The molecule has 0 saturated carbocycles. The molecule has 0 aliphatic carbocycles. The van der Waals surface area contributed by atoms with Crippen LogP contribution in [0.15, 0.2) is 35.5 Å². The molecule has 1 saturated heterocycles. The maximum Gasteiger partial charge on any atom is 0.243 e. The minimum Gasteiger partial charge on any atom is -0.490 e. The lowest BCUT2D eigenvalue weighted by molar-refractivity contribution is -0.00259. The summed E-state index contributed by atoms with van der Waals surface area (Å²) in [4.78, 5) is 0.316. The molecule has 1 aromatic heterocycles. The van der Waals surface area contributed by atoms with Gasteiger partial charge in [-0.05, 0) is 30.7 Å². The quantitative estimate of drug-likeness (QED) is 0.826. The van der Waals surface area contributed by atoms with Gasteiger partial charge in [0.25, 0.3) is 0 Å². The largest absolute Gasteiger partial charge is 0.490 e. The first kappa shape index (κ1) is 16.6. The van der Waals surface area contributed by atoms with Crippen molar-refractivity contribution in [3.63, 3.8) is 0 Å². The van der Waals surface area contributed by atoms with Crippen LogP contribution in [-0.4, -0.2) is 48.3 Å². The number of morpholine rings is 1. The number of aryl methyl sites for hydroxylation is 1. The van der Waals surface area contributed by atoms with Gasteiger partial charge in [0.2, 0.25) is 10.0 Å². The number of nitrogens with zero attached hydrogens (tertiary/aromatic N) is 3. The Hall–Kier alpha value is -1.90. The lowest BCUT2D eigenvalue weighted by Gasteiger charge is -2.31. The van der Waals surface area contributed by atoms with Crippen LogP contribution in [0.4, 0.5) is 0 Å². The molecule has 2 atom stereocenters. The summed E-state index contributed by atoms with van der Waals surface area (Å²) in [5.74, 6) is 0.779. The summed E-state index contributed by atoms with van der Waals surface area (Å²) in [5.41, 5.74) is 1.84. The Kier molecular flexibility index (Phi) is 4.05. The van der Waals surface area contributed by atoms with E-state index >= 15 is 0 Å². The van der Waals surface area contributed by atoms with Gasteiger partial charge in [-0.15, -0.1) is 0 Å². The normalized spacial score (nSPS) is 24.1. The van der Waals surface area contributed by atoms with Crippen LogP contribution >= 0.6 is 0 Å². The summed E-state index contributed by atoms with van der Waals surface area (Å²) >= 11 is 0. The number of benzene rings is 1. The first-order valence-electron chi connectivity index (χ1n) is 8.33. The van der Waals surface area contributed by atoms with Crippen LogP contribution in [0.2, 0.25) is 0 Å². The molecule has 7 nitrogen and oxygen atoms in total. The van der Waals surface area contributed by atoms with Crippen molar-refractivity contribution >= 4 is 10.0 Å². The van der Waals surface area contributed by atoms with Crippen molar-refractivity contribution in [3.8, 4) is 5.75 Å². The van der Waals surface area contributed by atoms with E-state index in [1.807, 2.05) is 20.2 Å². The maximum atomic E-state index is 13.1. The van der Waals surface area contributed by atoms with E-state index in [2.05, 4.69) is 5.10 Å². The van der Waals surface area contributed by atoms with Crippen molar-refractivity contribution in [1.82, 2.24) is 14.1 Å². The molecule has 134 valence electrons. The summed E-state index contributed by atoms with van der Waals surface area (Å²) in [6, 6.07) is 5.12. The average molecular weight is 363 g/mol. The second-order valence-corrected chi connectivity index (χ2v) is 8.51. The number of fused-ring (bicyclic) bond motifs is 1. The van der Waals surface area contributed by atoms with Crippen molar-refractivity contribution in [2.75, 3.05) is 19.7 Å². The topological polar surface area (TPSA) is 73.7 Å². The zero-order valence-corrected chi connectivity index (χ0v) is 15.1. The van der Waals surface area contributed by atoms with E-state index in [4.69, 9.17) is 9.47 Å². The van der Waals surface area contributed by atoms with E-state index in [1.165, 1.54) is 4.31 Å². The summed E-state index contributed by atoms with van der Waals surface area (Å²) in [5, 5.41) is 4.14. The molecule has 2 aromatic rings. The third-order valence-electron chi connectivity index (χ3n) is 4.63. The highest BCUT2D eigenvalue weighted by molar-refractivity contribution is 7.89. The standard InChI is InChI=1S/C17H21N3O4S/c1-12-7-13-8-15(3-4-16(13)24-12)25(21,22)20-5-6-23-17(11-20)14-9-18-19(2)10-14/h3-4,8-10,12,17H,5-7,11H2,1-2H3/t12-,17+/m0/s1. The monoisotopic (exact) mass is 363 g/mol. The Bertz CT molecular complexity index is 893. The molecule has 0 radical (unpaired) electrons. The first-order valence-corrected chi connectivity index (χ1v) is 9.77. The van der Waals surface area contributed by atoms with Gasteiger partial charge in [-0.2, -0.15) is 9.40 Å². The molecule has 4 rings (SSSR count). The predicted octanol–water partition coefficient (Wildman–Crippen LogP) is 1.51. The van der Waals surface area contributed by atoms with Crippen LogP contribution in [0.5, 0.6) is 5.75 Å². The second-order valence-electron chi connectivity index (χ2n) is 6.57. The Morgan fingerprint density at radius 2 is 2.16 bits per heavy atom. The molecule has 2 aliphatic rings. The lowest BCUT2D eigenvalue weighted by Crippen LogP contribution is -2.42. The Morgan fingerprint density at radius 3 is 2.92 bits per heavy atom.